The lowest BCUT2D eigenvalue weighted by molar-refractivity contribution is -0.121. The normalized spacial score (nSPS) is 47.6. The average Bonchev–Trinajstić information content (AvgIpc) is 2.81. The van der Waals surface area contributed by atoms with Crippen molar-refractivity contribution in [2.45, 2.75) is 111 Å². The Morgan fingerprint density at radius 1 is 0.871 bits per heavy atom. The molecule has 4 aliphatic carbocycles. The molecule has 0 aromatic heterocycles. The van der Waals surface area contributed by atoms with Gasteiger partial charge in [-0.1, -0.05) is 27.7 Å². The molecule has 9 atom stereocenters. The zero-order chi connectivity index (χ0) is 22.8. The fraction of sp³-hybridized carbons (Fsp3) is 0.964. The molecule has 3 nitrogen and oxygen atoms in total. The fourth-order valence-corrected chi connectivity index (χ4v) is 10.2. The largest absolute Gasteiger partial charge is 0.354 e. The number of amides is 1. The second kappa shape index (κ2) is 8.03. The highest BCUT2D eigenvalue weighted by Gasteiger charge is 2.63. The Morgan fingerprint density at radius 2 is 1.48 bits per heavy atom. The van der Waals surface area contributed by atoms with E-state index < -0.39 is 0 Å². The molecule has 0 spiro atoms. The van der Waals surface area contributed by atoms with Crippen LogP contribution in [0.4, 0.5) is 0 Å². The van der Waals surface area contributed by atoms with E-state index in [1.165, 1.54) is 57.8 Å². The lowest BCUT2D eigenvalue weighted by Crippen LogP contribution is -2.52. The first-order chi connectivity index (χ1) is 14.4. The average molecular weight is 431 g/mol. The molecule has 4 rings (SSSR count). The van der Waals surface area contributed by atoms with Gasteiger partial charge in [0.15, 0.2) is 0 Å². The van der Waals surface area contributed by atoms with E-state index >= 15 is 0 Å². The van der Waals surface area contributed by atoms with Gasteiger partial charge in [0, 0.05) is 19.0 Å². The first kappa shape index (κ1) is 23.6. The van der Waals surface area contributed by atoms with Crippen LogP contribution in [0.2, 0.25) is 0 Å². The number of nitrogens with one attached hydrogen (secondary N) is 1. The number of hydrogen-bond acceptors (Lipinski definition) is 2. The molecule has 1 N–H and O–H groups in total. The summed E-state index contributed by atoms with van der Waals surface area (Å²) in [5.41, 5.74) is 1.22. The smallest absolute Gasteiger partial charge is 0.217 e. The Hall–Kier alpha value is -0.570. The monoisotopic (exact) mass is 430 g/mol. The Balaban J connectivity index is 1.58. The van der Waals surface area contributed by atoms with Crippen molar-refractivity contribution in [2.24, 2.45) is 45.8 Å². The van der Waals surface area contributed by atoms with Crippen LogP contribution in [0.1, 0.15) is 99.3 Å². The second-order valence-electron chi connectivity index (χ2n) is 13.4. The van der Waals surface area contributed by atoms with Gasteiger partial charge in [-0.2, -0.15) is 0 Å². The third-order valence-corrected chi connectivity index (χ3v) is 11.8. The van der Waals surface area contributed by atoms with E-state index in [0.717, 1.165) is 29.7 Å². The Bertz CT molecular complexity index is 686. The second-order valence-corrected chi connectivity index (χ2v) is 13.4. The van der Waals surface area contributed by atoms with Gasteiger partial charge in [0.1, 0.15) is 0 Å². The van der Waals surface area contributed by atoms with Crippen molar-refractivity contribution in [1.82, 2.24) is 10.2 Å². The van der Waals surface area contributed by atoms with E-state index in [1.54, 1.807) is 6.92 Å². The molecule has 178 valence electrons. The van der Waals surface area contributed by atoms with Gasteiger partial charge in [-0.05, 0) is 125 Å². The summed E-state index contributed by atoms with van der Waals surface area (Å²) in [7, 11) is 4.59. The van der Waals surface area contributed by atoms with Gasteiger partial charge in [-0.15, -0.1) is 0 Å². The summed E-state index contributed by atoms with van der Waals surface area (Å²) in [6.45, 7) is 14.4. The molecule has 1 amide bonds. The van der Waals surface area contributed by atoms with Gasteiger partial charge in [-0.25, -0.2) is 0 Å². The highest BCUT2D eigenvalue weighted by Crippen LogP contribution is 2.70. The van der Waals surface area contributed by atoms with E-state index in [1.807, 2.05) is 0 Å². The Morgan fingerprint density at radius 3 is 2.13 bits per heavy atom. The quantitative estimate of drug-likeness (QED) is 0.584. The van der Waals surface area contributed by atoms with Gasteiger partial charge < -0.3 is 10.2 Å². The van der Waals surface area contributed by atoms with Crippen LogP contribution in [-0.2, 0) is 4.79 Å². The zero-order valence-corrected chi connectivity index (χ0v) is 21.8. The van der Waals surface area contributed by atoms with Gasteiger partial charge in [0.25, 0.3) is 0 Å². The third kappa shape index (κ3) is 3.60. The van der Waals surface area contributed by atoms with Crippen molar-refractivity contribution in [3.05, 3.63) is 0 Å². The van der Waals surface area contributed by atoms with Crippen LogP contribution in [0.3, 0.4) is 0 Å². The number of rotatable bonds is 3. The Labute approximate surface area is 192 Å². The summed E-state index contributed by atoms with van der Waals surface area (Å²) in [5.74, 6) is 4.38. The lowest BCUT2D eigenvalue weighted by atomic mass is 9.48. The number of hydrogen-bond donors (Lipinski definition) is 1. The predicted octanol–water partition coefficient (Wildman–Crippen LogP) is 6.13. The zero-order valence-electron chi connectivity index (χ0n) is 21.8. The summed E-state index contributed by atoms with van der Waals surface area (Å²) in [5, 5.41) is 3.27. The highest BCUT2D eigenvalue weighted by atomic mass is 16.1. The maximum atomic E-state index is 11.8. The topological polar surface area (TPSA) is 32.3 Å². The van der Waals surface area contributed by atoms with E-state index in [9.17, 15) is 4.79 Å². The molecule has 9 unspecified atom stereocenters. The molecule has 4 saturated carbocycles. The van der Waals surface area contributed by atoms with Crippen LogP contribution in [-0.4, -0.2) is 37.0 Å². The van der Waals surface area contributed by atoms with Crippen LogP contribution in [0.25, 0.3) is 0 Å². The van der Waals surface area contributed by atoms with Crippen LogP contribution >= 0.6 is 0 Å². The van der Waals surface area contributed by atoms with Gasteiger partial charge >= 0.3 is 0 Å². The molecular weight excluding hydrogens is 380 g/mol. The standard InChI is InChI=1S/C28H50N2O/c1-18(29-19(2)31)22-14-16-28(6)24-11-10-23-20(17-21(24)13-15-27(22,28)5)9-12-25(30(7)8)26(23,3)4/h18,20-25H,9-17H2,1-8H3,(H,29,31). The van der Waals surface area contributed by atoms with Gasteiger partial charge in [0.2, 0.25) is 5.91 Å². The van der Waals surface area contributed by atoms with Crippen molar-refractivity contribution in [3.8, 4) is 0 Å². The van der Waals surface area contributed by atoms with E-state index in [4.69, 9.17) is 0 Å². The third-order valence-electron chi connectivity index (χ3n) is 11.8. The summed E-state index contributed by atoms with van der Waals surface area (Å²) in [6.07, 6.45) is 12.6. The molecule has 4 fully saturated rings. The van der Waals surface area contributed by atoms with Crippen molar-refractivity contribution in [1.29, 1.82) is 0 Å². The minimum atomic E-state index is 0.134. The Kier molecular flexibility index (Phi) is 6.11. The maximum absolute atomic E-state index is 11.8. The minimum Gasteiger partial charge on any atom is -0.354 e. The van der Waals surface area contributed by atoms with Crippen molar-refractivity contribution >= 4 is 5.91 Å². The number of carbonyl (C=O) groups is 1. The van der Waals surface area contributed by atoms with E-state index in [-0.39, 0.29) is 5.91 Å². The molecule has 0 aliphatic heterocycles. The molecule has 4 aliphatic rings. The predicted molar refractivity (Wildman–Crippen MR) is 130 cm³/mol. The lowest BCUT2D eigenvalue weighted by Gasteiger charge is -2.57. The van der Waals surface area contributed by atoms with E-state index in [0.29, 0.717) is 28.2 Å². The maximum Gasteiger partial charge on any atom is 0.217 e. The molecule has 0 radical (unpaired) electrons. The molecule has 31 heavy (non-hydrogen) atoms. The fourth-order valence-electron chi connectivity index (χ4n) is 10.2. The summed E-state index contributed by atoms with van der Waals surface area (Å²) >= 11 is 0. The van der Waals surface area contributed by atoms with Crippen LogP contribution < -0.4 is 5.32 Å². The summed E-state index contributed by atoms with van der Waals surface area (Å²) in [6, 6.07) is 1.03. The number of carbonyl (C=O) groups excluding carboxylic acids is 1. The SMILES string of the molecule is CC(=O)NC(C)C1CCC2(C)C3CCC4C(CCC(N(C)C)C4(C)C)CC3CCC12C. The summed E-state index contributed by atoms with van der Waals surface area (Å²) in [4.78, 5) is 14.3. The highest BCUT2D eigenvalue weighted by molar-refractivity contribution is 5.73. The molecule has 0 bridgehead atoms. The first-order valence-electron chi connectivity index (χ1n) is 13.4. The van der Waals surface area contributed by atoms with Gasteiger partial charge in [0.05, 0.1) is 0 Å². The van der Waals surface area contributed by atoms with Gasteiger partial charge in [-0.3, -0.25) is 4.79 Å². The molecule has 0 aromatic carbocycles. The molecule has 0 saturated heterocycles. The minimum absolute atomic E-state index is 0.134. The molecule has 0 aromatic rings. The van der Waals surface area contributed by atoms with Crippen molar-refractivity contribution in [3.63, 3.8) is 0 Å². The van der Waals surface area contributed by atoms with Crippen LogP contribution in [0.5, 0.6) is 0 Å². The van der Waals surface area contributed by atoms with E-state index in [2.05, 4.69) is 58.9 Å². The van der Waals surface area contributed by atoms with Crippen molar-refractivity contribution < 1.29 is 4.79 Å². The molecule has 3 heteroatoms. The first-order valence-corrected chi connectivity index (χ1v) is 13.4. The molecular formula is C28H50N2O. The number of fused-ring (bicyclic) bond motifs is 4. The number of nitrogens with zero attached hydrogens (tertiary/aromatic N) is 1. The van der Waals surface area contributed by atoms with Crippen molar-refractivity contribution in [2.75, 3.05) is 14.1 Å². The molecule has 0 heterocycles. The van der Waals surface area contributed by atoms with Crippen LogP contribution in [0, 0.1) is 45.8 Å². The van der Waals surface area contributed by atoms with Crippen LogP contribution in [0.15, 0.2) is 0 Å². The summed E-state index contributed by atoms with van der Waals surface area (Å²) < 4.78 is 0.